The predicted molar refractivity (Wildman–Crippen MR) is 104 cm³/mol. The van der Waals surface area contributed by atoms with Crippen LogP contribution in [-0.4, -0.2) is 26.8 Å². The maximum absolute atomic E-state index is 12.3. The molecule has 1 unspecified atom stereocenters. The molecule has 1 aliphatic carbocycles. The number of hydrogen-bond donors (Lipinski definition) is 2. The van der Waals surface area contributed by atoms with E-state index in [1.165, 1.54) is 42.2 Å². The van der Waals surface area contributed by atoms with Crippen LogP contribution in [0.5, 0.6) is 0 Å². The molecular formula is C20H22N4O2S. The molecule has 2 aromatic heterocycles. The summed E-state index contributed by atoms with van der Waals surface area (Å²) in [5, 5.41) is 11.4. The largest absolute Gasteiger partial charge is 0.410 e. The van der Waals surface area contributed by atoms with Crippen molar-refractivity contribution >= 4 is 17.7 Å². The number of nitrogens with zero attached hydrogens (tertiary/aromatic N) is 2. The normalized spacial score (nSPS) is 14.6. The van der Waals surface area contributed by atoms with E-state index in [9.17, 15) is 4.79 Å². The minimum Gasteiger partial charge on any atom is -0.410 e. The van der Waals surface area contributed by atoms with Gasteiger partial charge in [0.25, 0.3) is 11.1 Å². The van der Waals surface area contributed by atoms with Crippen LogP contribution in [0.15, 0.2) is 46.2 Å². The SMILES string of the molecule is CC(NC(=O)CSc1nnc(-c2ccc[nH]2)o1)c1ccc2c(c1)CCCC2. The van der Waals surface area contributed by atoms with Crippen LogP contribution in [0.2, 0.25) is 0 Å². The first kappa shape index (κ1) is 17.9. The van der Waals surface area contributed by atoms with E-state index in [2.05, 4.69) is 38.7 Å². The first-order valence-corrected chi connectivity index (χ1v) is 10.2. The topological polar surface area (TPSA) is 83.8 Å². The van der Waals surface area contributed by atoms with Crippen LogP contribution >= 0.6 is 11.8 Å². The Kier molecular flexibility index (Phi) is 5.29. The van der Waals surface area contributed by atoms with Gasteiger partial charge in [0.1, 0.15) is 5.69 Å². The minimum atomic E-state index is -0.0511. The van der Waals surface area contributed by atoms with E-state index >= 15 is 0 Å². The van der Waals surface area contributed by atoms with Gasteiger partial charge in [-0.1, -0.05) is 30.0 Å². The zero-order chi connectivity index (χ0) is 18.6. The maximum atomic E-state index is 12.3. The number of rotatable bonds is 6. The van der Waals surface area contributed by atoms with Crippen LogP contribution in [0.4, 0.5) is 0 Å². The third kappa shape index (κ3) is 4.24. The molecule has 0 saturated carbocycles. The summed E-state index contributed by atoms with van der Waals surface area (Å²) in [4.78, 5) is 15.3. The molecule has 0 aliphatic heterocycles. The number of carbonyl (C=O) groups is 1. The van der Waals surface area contributed by atoms with Gasteiger partial charge in [0.05, 0.1) is 11.8 Å². The molecule has 0 saturated heterocycles. The van der Waals surface area contributed by atoms with E-state index in [1.807, 2.05) is 19.1 Å². The van der Waals surface area contributed by atoms with E-state index in [0.717, 1.165) is 17.7 Å². The highest BCUT2D eigenvalue weighted by Crippen LogP contribution is 2.25. The van der Waals surface area contributed by atoms with E-state index in [-0.39, 0.29) is 17.7 Å². The second-order valence-electron chi connectivity index (χ2n) is 6.77. The molecule has 1 aromatic carbocycles. The predicted octanol–water partition coefficient (Wildman–Crippen LogP) is 3.91. The van der Waals surface area contributed by atoms with Gasteiger partial charge in [-0.3, -0.25) is 4.79 Å². The van der Waals surface area contributed by atoms with Crippen molar-refractivity contribution in [3.05, 3.63) is 53.2 Å². The fourth-order valence-corrected chi connectivity index (χ4v) is 3.93. The van der Waals surface area contributed by atoms with E-state index in [1.54, 1.807) is 6.20 Å². The summed E-state index contributed by atoms with van der Waals surface area (Å²) in [6.07, 6.45) is 6.63. The molecule has 0 radical (unpaired) electrons. The molecule has 27 heavy (non-hydrogen) atoms. The number of fused-ring (bicyclic) bond motifs is 1. The Balaban J connectivity index is 1.31. The molecule has 4 rings (SSSR count). The zero-order valence-corrected chi connectivity index (χ0v) is 16.0. The second kappa shape index (κ2) is 8.00. The highest BCUT2D eigenvalue weighted by Gasteiger charge is 2.16. The summed E-state index contributed by atoms with van der Waals surface area (Å²) < 4.78 is 5.56. The van der Waals surface area contributed by atoms with Crippen LogP contribution < -0.4 is 5.32 Å². The number of nitrogens with one attached hydrogen (secondary N) is 2. The maximum Gasteiger partial charge on any atom is 0.277 e. The van der Waals surface area contributed by atoms with Crippen molar-refractivity contribution < 1.29 is 9.21 Å². The Bertz CT molecular complexity index is 920. The highest BCUT2D eigenvalue weighted by atomic mass is 32.2. The summed E-state index contributed by atoms with van der Waals surface area (Å²) in [5.41, 5.74) is 4.80. The smallest absolute Gasteiger partial charge is 0.277 e. The van der Waals surface area contributed by atoms with Crippen molar-refractivity contribution in [1.82, 2.24) is 20.5 Å². The van der Waals surface area contributed by atoms with Crippen molar-refractivity contribution in [2.75, 3.05) is 5.75 Å². The van der Waals surface area contributed by atoms with E-state index in [0.29, 0.717) is 11.1 Å². The number of hydrogen-bond acceptors (Lipinski definition) is 5. The van der Waals surface area contributed by atoms with Crippen LogP contribution in [0.25, 0.3) is 11.6 Å². The van der Waals surface area contributed by atoms with Crippen molar-refractivity contribution in [1.29, 1.82) is 0 Å². The lowest BCUT2D eigenvalue weighted by Crippen LogP contribution is -2.28. The van der Waals surface area contributed by atoms with Gasteiger partial charge in [-0.2, -0.15) is 0 Å². The zero-order valence-electron chi connectivity index (χ0n) is 15.2. The highest BCUT2D eigenvalue weighted by molar-refractivity contribution is 7.99. The second-order valence-corrected chi connectivity index (χ2v) is 7.70. The summed E-state index contributed by atoms with van der Waals surface area (Å²) in [5.74, 6) is 0.608. The molecule has 1 aliphatic rings. The van der Waals surface area contributed by atoms with Gasteiger partial charge in [-0.05, 0) is 61.4 Å². The lowest BCUT2D eigenvalue weighted by atomic mass is 9.89. The van der Waals surface area contributed by atoms with Gasteiger partial charge in [-0.15, -0.1) is 10.2 Å². The molecule has 3 aromatic rings. The number of aromatic nitrogens is 3. The fraction of sp³-hybridized carbons (Fsp3) is 0.350. The molecule has 2 heterocycles. The Morgan fingerprint density at radius 3 is 2.93 bits per heavy atom. The van der Waals surface area contributed by atoms with Gasteiger partial charge >= 0.3 is 0 Å². The molecule has 7 heteroatoms. The summed E-state index contributed by atoms with van der Waals surface area (Å²) in [7, 11) is 0. The first-order valence-electron chi connectivity index (χ1n) is 9.20. The number of thioether (sulfide) groups is 1. The van der Waals surface area contributed by atoms with E-state index < -0.39 is 0 Å². The standard InChI is InChI=1S/C20H22N4O2S/c1-13(15-9-8-14-5-2-3-6-16(14)11-15)22-18(25)12-27-20-24-23-19(26-20)17-7-4-10-21-17/h4,7-11,13,21H,2-3,5-6,12H2,1H3,(H,22,25). The number of aromatic amines is 1. The Labute approximate surface area is 162 Å². The number of H-pyrrole nitrogens is 1. The van der Waals surface area contributed by atoms with Crippen molar-refractivity contribution in [2.45, 2.75) is 43.9 Å². The average Bonchev–Trinajstić information content (AvgIpc) is 3.37. The van der Waals surface area contributed by atoms with Gasteiger partial charge in [0, 0.05) is 6.20 Å². The molecule has 0 bridgehead atoms. The number of carbonyl (C=O) groups excluding carboxylic acids is 1. The lowest BCUT2D eigenvalue weighted by Gasteiger charge is -2.20. The Morgan fingerprint density at radius 2 is 2.11 bits per heavy atom. The molecule has 1 amide bonds. The minimum absolute atomic E-state index is 0.0255. The molecule has 140 valence electrons. The number of aryl methyl sites for hydroxylation is 2. The fourth-order valence-electron chi connectivity index (χ4n) is 3.36. The Hall–Kier alpha value is -2.54. The average molecular weight is 382 g/mol. The number of amides is 1. The van der Waals surface area contributed by atoms with Crippen molar-refractivity contribution in [3.63, 3.8) is 0 Å². The van der Waals surface area contributed by atoms with Crippen LogP contribution in [0, 0.1) is 0 Å². The molecule has 1 atom stereocenters. The summed E-state index contributed by atoms with van der Waals surface area (Å²) >= 11 is 1.24. The molecule has 6 nitrogen and oxygen atoms in total. The molecular weight excluding hydrogens is 360 g/mol. The van der Waals surface area contributed by atoms with Gasteiger partial charge in [0.2, 0.25) is 5.91 Å². The van der Waals surface area contributed by atoms with Gasteiger partial charge in [0.15, 0.2) is 0 Å². The molecule has 0 spiro atoms. The van der Waals surface area contributed by atoms with Crippen LogP contribution in [0.3, 0.4) is 0 Å². The van der Waals surface area contributed by atoms with Crippen LogP contribution in [0.1, 0.15) is 42.5 Å². The lowest BCUT2D eigenvalue weighted by molar-refractivity contribution is -0.119. The monoisotopic (exact) mass is 382 g/mol. The molecule has 0 fully saturated rings. The third-order valence-electron chi connectivity index (χ3n) is 4.81. The quantitative estimate of drug-likeness (QED) is 0.632. The van der Waals surface area contributed by atoms with Crippen molar-refractivity contribution in [2.24, 2.45) is 0 Å². The van der Waals surface area contributed by atoms with Crippen molar-refractivity contribution in [3.8, 4) is 11.6 Å². The summed E-state index contributed by atoms with van der Waals surface area (Å²) in [6.45, 7) is 2.02. The molecule has 2 N–H and O–H groups in total. The van der Waals surface area contributed by atoms with Gasteiger partial charge < -0.3 is 14.7 Å². The Morgan fingerprint density at radius 1 is 1.26 bits per heavy atom. The van der Waals surface area contributed by atoms with Gasteiger partial charge in [-0.25, -0.2) is 0 Å². The third-order valence-corrected chi connectivity index (χ3v) is 5.63. The van der Waals surface area contributed by atoms with E-state index in [4.69, 9.17) is 4.42 Å². The first-order chi connectivity index (χ1) is 13.2. The number of benzene rings is 1. The van der Waals surface area contributed by atoms with Crippen LogP contribution in [-0.2, 0) is 17.6 Å². The summed E-state index contributed by atoms with van der Waals surface area (Å²) in [6, 6.07) is 10.3.